The molecule has 19 heavy (non-hydrogen) atoms. The van der Waals surface area contributed by atoms with Crippen molar-refractivity contribution in [2.75, 3.05) is 0 Å². The van der Waals surface area contributed by atoms with Crippen molar-refractivity contribution in [1.29, 1.82) is 0 Å². The van der Waals surface area contributed by atoms with Gasteiger partial charge in [-0.2, -0.15) is 0 Å². The van der Waals surface area contributed by atoms with Gasteiger partial charge in [-0.25, -0.2) is 8.78 Å². The van der Waals surface area contributed by atoms with Gasteiger partial charge in [0, 0.05) is 5.56 Å². The SMILES string of the molecule is O=C(/C=C/c1c(F)cccc1Cl)c1ccccc1F. The third-order valence-corrected chi connectivity index (χ3v) is 2.87. The van der Waals surface area contributed by atoms with Crippen LogP contribution in [0.2, 0.25) is 5.02 Å². The van der Waals surface area contributed by atoms with Gasteiger partial charge in [0.15, 0.2) is 5.78 Å². The van der Waals surface area contributed by atoms with E-state index in [2.05, 4.69) is 0 Å². The van der Waals surface area contributed by atoms with E-state index in [0.29, 0.717) is 0 Å². The van der Waals surface area contributed by atoms with Crippen molar-refractivity contribution in [2.24, 2.45) is 0 Å². The van der Waals surface area contributed by atoms with E-state index in [0.717, 1.165) is 6.08 Å². The van der Waals surface area contributed by atoms with Gasteiger partial charge >= 0.3 is 0 Å². The van der Waals surface area contributed by atoms with Crippen LogP contribution in [0.5, 0.6) is 0 Å². The average Bonchev–Trinajstić information content (AvgIpc) is 2.38. The van der Waals surface area contributed by atoms with Crippen LogP contribution in [0.25, 0.3) is 6.08 Å². The summed E-state index contributed by atoms with van der Waals surface area (Å²) >= 11 is 5.81. The van der Waals surface area contributed by atoms with Crippen molar-refractivity contribution in [3.8, 4) is 0 Å². The molecule has 0 aliphatic heterocycles. The lowest BCUT2D eigenvalue weighted by molar-refractivity contribution is 0.104. The van der Waals surface area contributed by atoms with Gasteiger partial charge in [0.2, 0.25) is 0 Å². The second-order valence-electron chi connectivity index (χ2n) is 3.81. The summed E-state index contributed by atoms with van der Waals surface area (Å²) in [6, 6.07) is 9.82. The van der Waals surface area contributed by atoms with Gasteiger partial charge < -0.3 is 0 Å². The van der Waals surface area contributed by atoms with E-state index in [1.54, 1.807) is 6.07 Å². The normalized spacial score (nSPS) is 10.9. The van der Waals surface area contributed by atoms with Crippen LogP contribution in [0, 0.1) is 11.6 Å². The van der Waals surface area contributed by atoms with Crippen LogP contribution in [0.3, 0.4) is 0 Å². The summed E-state index contributed by atoms with van der Waals surface area (Å²) < 4.78 is 26.8. The summed E-state index contributed by atoms with van der Waals surface area (Å²) in [5.74, 6) is -1.70. The van der Waals surface area contributed by atoms with Crippen molar-refractivity contribution in [3.63, 3.8) is 0 Å². The average molecular weight is 279 g/mol. The molecule has 0 heterocycles. The number of rotatable bonds is 3. The molecule has 4 heteroatoms. The molecular formula is C15H9ClF2O. The molecule has 0 unspecified atom stereocenters. The second kappa shape index (κ2) is 5.76. The van der Waals surface area contributed by atoms with Crippen LogP contribution in [-0.2, 0) is 0 Å². The van der Waals surface area contributed by atoms with Crippen LogP contribution in [0.15, 0.2) is 48.5 Å². The first-order valence-corrected chi connectivity index (χ1v) is 5.88. The van der Waals surface area contributed by atoms with Gasteiger partial charge in [-0.3, -0.25) is 4.79 Å². The molecule has 0 fully saturated rings. The largest absolute Gasteiger partial charge is 0.289 e. The van der Waals surface area contributed by atoms with Crippen molar-refractivity contribution in [3.05, 3.63) is 76.3 Å². The van der Waals surface area contributed by atoms with E-state index in [1.807, 2.05) is 0 Å². The fourth-order valence-electron chi connectivity index (χ4n) is 1.58. The van der Waals surface area contributed by atoms with E-state index in [9.17, 15) is 13.6 Å². The van der Waals surface area contributed by atoms with Gasteiger partial charge in [-0.05, 0) is 36.4 Å². The zero-order valence-electron chi connectivity index (χ0n) is 9.74. The number of ketones is 1. The topological polar surface area (TPSA) is 17.1 Å². The monoisotopic (exact) mass is 278 g/mol. The maximum atomic E-state index is 13.5. The number of hydrogen-bond acceptors (Lipinski definition) is 1. The number of hydrogen-bond donors (Lipinski definition) is 0. The zero-order chi connectivity index (χ0) is 13.8. The Bertz CT molecular complexity index is 630. The number of halogens is 3. The summed E-state index contributed by atoms with van der Waals surface area (Å²) in [6.45, 7) is 0. The van der Waals surface area contributed by atoms with Crippen LogP contribution in [0.1, 0.15) is 15.9 Å². The number of carbonyl (C=O) groups excluding carboxylic acids is 1. The molecule has 0 aromatic heterocycles. The molecule has 0 aliphatic carbocycles. The van der Waals surface area contributed by atoms with Crippen LogP contribution in [-0.4, -0.2) is 5.78 Å². The Balaban J connectivity index is 2.29. The minimum absolute atomic E-state index is 0.0637. The summed E-state index contributed by atoms with van der Waals surface area (Å²) in [6.07, 6.45) is 2.34. The van der Waals surface area contributed by atoms with Gasteiger partial charge in [-0.15, -0.1) is 0 Å². The number of carbonyl (C=O) groups is 1. The van der Waals surface area contributed by atoms with E-state index in [-0.39, 0.29) is 16.1 Å². The molecule has 1 nitrogen and oxygen atoms in total. The lowest BCUT2D eigenvalue weighted by atomic mass is 10.1. The first-order chi connectivity index (χ1) is 9.09. The highest BCUT2D eigenvalue weighted by molar-refractivity contribution is 6.32. The lowest BCUT2D eigenvalue weighted by Crippen LogP contribution is -1.98. The Morgan fingerprint density at radius 1 is 1.00 bits per heavy atom. The van der Waals surface area contributed by atoms with Crippen molar-refractivity contribution in [1.82, 2.24) is 0 Å². The molecule has 96 valence electrons. The first-order valence-electron chi connectivity index (χ1n) is 5.50. The van der Waals surface area contributed by atoms with E-state index in [4.69, 9.17) is 11.6 Å². The molecule has 0 bridgehead atoms. The molecule has 0 radical (unpaired) electrons. The molecule has 0 amide bonds. The number of allylic oxidation sites excluding steroid dienone is 1. The fourth-order valence-corrected chi connectivity index (χ4v) is 1.81. The molecule has 2 rings (SSSR count). The summed E-state index contributed by atoms with van der Waals surface area (Å²) in [7, 11) is 0. The Kier molecular flexibility index (Phi) is 4.07. The van der Waals surface area contributed by atoms with Crippen molar-refractivity contribution in [2.45, 2.75) is 0 Å². The van der Waals surface area contributed by atoms with Crippen molar-refractivity contribution >= 4 is 23.5 Å². The Labute approximate surface area is 114 Å². The predicted octanol–water partition coefficient (Wildman–Crippen LogP) is 4.51. The van der Waals surface area contributed by atoms with Gasteiger partial charge in [0.05, 0.1) is 10.6 Å². The van der Waals surface area contributed by atoms with E-state index in [1.165, 1.54) is 42.5 Å². The molecule has 0 aliphatic rings. The van der Waals surface area contributed by atoms with Gasteiger partial charge in [-0.1, -0.05) is 29.8 Å². The van der Waals surface area contributed by atoms with E-state index >= 15 is 0 Å². The molecule has 0 saturated carbocycles. The molecular weight excluding hydrogens is 270 g/mol. The van der Waals surface area contributed by atoms with Crippen LogP contribution in [0.4, 0.5) is 8.78 Å². The van der Waals surface area contributed by atoms with Gasteiger partial charge in [0.25, 0.3) is 0 Å². The summed E-state index contributed by atoms with van der Waals surface area (Å²) in [5, 5.41) is 0.192. The van der Waals surface area contributed by atoms with Gasteiger partial charge in [0.1, 0.15) is 11.6 Å². The Morgan fingerprint density at radius 3 is 2.37 bits per heavy atom. The number of benzene rings is 2. The van der Waals surface area contributed by atoms with Crippen molar-refractivity contribution < 1.29 is 13.6 Å². The highest BCUT2D eigenvalue weighted by Crippen LogP contribution is 2.20. The van der Waals surface area contributed by atoms with E-state index < -0.39 is 17.4 Å². The maximum Gasteiger partial charge on any atom is 0.188 e. The molecule has 0 N–H and O–H groups in total. The molecule has 0 saturated heterocycles. The van der Waals surface area contributed by atoms with Crippen LogP contribution < -0.4 is 0 Å². The Morgan fingerprint density at radius 2 is 1.68 bits per heavy atom. The zero-order valence-corrected chi connectivity index (χ0v) is 10.5. The minimum atomic E-state index is -0.614. The highest BCUT2D eigenvalue weighted by atomic mass is 35.5. The molecule has 2 aromatic rings. The second-order valence-corrected chi connectivity index (χ2v) is 4.22. The lowest BCUT2D eigenvalue weighted by Gasteiger charge is -2.00. The highest BCUT2D eigenvalue weighted by Gasteiger charge is 2.08. The molecule has 2 aromatic carbocycles. The third-order valence-electron chi connectivity index (χ3n) is 2.54. The summed E-state index contributed by atoms with van der Waals surface area (Å²) in [5.41, 5.74) is 0.0417. The third kappa shape index (κ3) is 3.06. The standard InChI is InChI=1S/C15H9ClF2O/c16-12-5-3-7-13(17)10(12)8-9-15(19)11-4-1-2-6-14(11)18/h1-9H/b9-8+. The maximum absolute atomic E-state index is 13.5. The predicted molar refractivity (Wildman–Crippen MR) is 71.2 cm³/mol. The summed E-state index contributed by atoms with van der Waals surface area (Å²) in [4.78, 5) is 11.8. The molecule has 0 atom stereocenters. The smallest absolute Gasteiger partial charge is 0.188 e. The Hall–Kier alpha value is -2.00. The first kappa shape index (κ1) is 13.4. The molecule has 0 spiro atoms. The minimum Gasteiger partial charge on any atom is -0.289 e. The quantitative estimate of drug-likeness (QED) is 0.596. The van der Waals surface area contributed by atoms with Crippen LogP contribution >= 0.6 is 11.6 Å². The fraction of sp³-hybridized carbons (Fsp3) is 0.